The summed E-state index contributed by atoms with van der Waals surface area (Å²) >= 11 is 0. The maximum Gasteiger partial charge on any atom is -0.0136 e. The summed E-state index contributed by atoms with van der Waals surface area (Å²) in [6.45, 7) is 6.33. The Labute approximate surface area is 76.4 Å². The van der Waals surface area contributed by atoms with E-state index in [2.05, 4.69) is 25.2 Å². The molecule has 0 amide bonds. The van der Waals surface area contributed by atoms with Crippen molar-refractivity contribution in [2.24, 2.45) is 11.8 Å². The van der Waals surface area contributed by atoms with Gasteiger partial charge < -0.3 is 0 Å². The molecule has 2 aliphatic carbocycles. The molecule has 2 atom stereocenters. The van der Waals surface area contributed by atoms with E-state index in [1.54, 1.807) is 5.57 Å². The Morgan fingerprint density at radius 3 is 2.75 bits per heavy atom. The fourth-order valence-electron chi connectivity index (χ4n) is 2.17. The van der Waals surface area contributed by atoms with Gasteiger partial charge >= 0.3 is 0 Å². The monoisotopic (exact) mass is 164 g/mol. The van der Waals surface area contributed by atoms with E-state index >= 15 is 0 Å². The highest BCUT2D eigenvalue weighted by Gasteiger charge is 2.24. The molecule has 0 aromatic rings. The predicted molar refractivity (Wildman–Crippen MR) is 55.1 cm³/mol. The van der Waals surface area contributed by atoms with Crippen LogP contribution in [0.25, 0.3) is 0 Å². The molecule has 12 heavy (non-hydrogen) atoms. The van der Waals surface area contributed by atoms with Crippen LogP contribution in [0.5, 0.6) is 0 Å². The normalized spacial score (nSPS) is 31.8. The van der Waals surface area contributed by atoms with E-state index in [-0.39, 0.29) is 0 Å². The van der Waals surface area contributed by atoms with Crippen molar-refractivity contribution in [3.8, 4) is 0 Å². The van der Waals surface area contributed by atoms with Crippen molar-refractivity contribution < 1.29 is 0 Å². The molecule has 2 rings (SSSR count). The van der Waals surface area contributed by atoms with Crippen LogP contribution in [0.3, 0.4) is 0 Å². The number of hydrogen-bond donors (Lipinski definition) is 0. The van der Waals surface area contributed by atoms with Crippen LogP contribution >= 0.6 is 0 Å². The standard InChI is InChI=1S/C10H14.C2H6/c1-8-4-2-5-9-6-3-7-10(8)9;1-2/h2,4,6,8,10H,3,5,7H2,1H3;1-2H3. The quantitative estimate of drug-likeness (QED) is 0.476. The molecule has 2 unspecified atom stereocenters. The van der Waals surface area contributed by atoms with Crippen molar-refractivity contribution in [1.29, 1.82) is 0 Å². The Bertz CT molecular complexity index is 186. The van der Waals surface area contributed by atoms with E-state index in [1.807, 2.05) is 13.8 Å². The van der Waals surface area contributed by atoms with E-state index in [1.165, 1.54) is 19.3 Å². The third kappa shape index (κ3) is 1.80. The van der Waals surface area contributed by atoms with Gasteiger partial charge in [0.1, 0.15) is 0 Å². The average molecular weight is 164 g/mol. The summed E-state index contributed by atoms with van der Waals surface area (Å²) < 4.78 is 0. The molecule has 0 fully saturated rings. The Balaban J connectivity index is 0.000000336. The molecule has 0 spiro atoms. The second-order valence-corrected chi connectivity index (χ2v) is 3.45. The zero-order valence-corrected chi connectivity index (χ0v) is 8.51. The first kappa shape index (κ1) is 9.57. The molecule has 0 N–H and O–H groups in total. The van der Waals surface area contributed by atoms with Crippen molar-refractivity contribution in [1.82, 2.24) is 0 Å². The highest BCUT2D eigenvalue weighted by molar-refractivity contribution is 5.22. The van der Waals surface area contributed by atoms with E-state index in [9.17, 15) is 0 Å². The zero-order valence-electron chi connectivity index (χ0n) is 8.51. The minimum atomic E-state index is 0.808. The topological polar surface area (TPSA) is 0 Å². The summed E-state index contributed by atoms with van der Waals surface area (Å²) in [5.41, 5.74) is 1.70. The van der Waals surface area contributed by atoms with Crippen LogP contribution in [0.2, 0.25) is 0 Å². The largest absolute Gasteiger partial charge is 0.0848 e. The predicted octanol–water partition coefficient (Wildman–Crippen LogP) is 3.95. The van der Waals surface area contributed by atoms with Gasteiger partial charge in [0, 0.05) is 0 Å². The molecule has 0 aliphatic heterocycles. The highest BCUT2D eigenvalue weighted by Crippen LogP contribution is 2.37. The van der Waals surface area contributed by atoms with Crippen molar-refractivity contribution in [2.45, 2.75) is 40.0 Å². The lowest BCUT2D eigenvalue weighted by Gasteiger charge is -2.22. The maximum atomic E-state index is 2.44. The molecular weight excluding hydrogens is 144 g/mol. The maximum absolute atomic E-state index is 2.44. The molecule has 0 saturated heterocycles. The first-order valence-corrected chi connectivity index (χ1v) is 5.23. The molecule has 0 radical (unpaired) electrons. The average Bonchev–Trinajstić information content (AvgIpc) is 2.57. The molecule has 0 nitrogen and oxygen atoms in total. The van der Waals surface area contributed by atoms with Gasteiger partial charge in [0.2, 0.25) is 0 Å². The van der Waals surface area contributed by atoms with Crippen LogP contribution < -0.4 is 0 Å². The number of allylic oxidation sites excluding steroid dienone is 4. The Hall–Kier alpha value is -0.520. The second kappa shape index (κ2) is 4.49. The van der Waals surface area contributed by atoms with Gasteiger partial charge in [-0.1, -0.05) is 44.6 Å². The first-order valence-electron chi connectivity index (χ1n) is 5.23. The Kier molecular flexibility index (Phi) is 3.58. The van der Waals surface area contributed by atoms with E-state index in [0.29, 0.717) is 0 Å². The van der Waals surface area contributed by atoms with Gasteiger partial charge in [-0.3, -0.25) is 0 Å². The van der Waals surface area contributed by atoms with Gasteiger partial charge in [0.15, 0.2) is 0 Å². The minimum Gasteiger partial charge on any atom is -0.0848 e. The van der Waals surface area contributed by atoms with Gasteiger partial charge in [-0.15, -0.1) is 0 Å². The number of fused-ring (bicyclic) bond motifs is 1. The lowest BCUT2D eigenvalue weighted by atomic mass is 9.83. The zero-order chi connectivity index (χ0) is 8.97. The third-order valence-corrected chi connectivity index (χ3v) is 2.79. The van der Waals surface area contributed by atoms with Crippen molar-refractivity contribution in [3.63, 3.8) is 0 Å². The van der Waals surface area contributed by atoms with E-state index in [0.717, 1.165) is 11.8 Å². The first-order chi connectivity index (χ1) is 5.88. The lowest BCUT2D eigenvalue weighted by molar-refractivity contribution is 0.463. The summed E-state index contributed by atoms with van der Waals surface area (Å²) in [4.78, 5) is 0. The van der Waals surface area contributed by atoms with Gasteiger partial charge in [0.05, 0.1) is 0 Å². The van der Waals surface area contributed by atoms with Gasteiger partial charge in [-0.25, -0.2) is 0 Å². The smallest absolute Gasteiger partial charge is 0.0136 e. The van der Waals surface area contributed by atoms with Crippen molar-refractivity contribution in [3.05, 3.63) is 23.8 Å². The van der Waals surface area contributed by atoms with Crippen molar-refractivity contribution in [2.75, 3.05) is 0 Å². The molecule has 0 aromatic carbocycles. The van der Waals surface area contributed by atoms with Crippen LogP contribution in [-0.2, 0) is 0 Å². The molecular formula is C12H20. The van der Waals surface area contributed by atoms with Gasteiger partial charge in [-0.05, 0) is 31.1 Å². The van der Waals surface area contributed by atoms with Gasteiger partial charge in [0.25, 0.3) is 0 Å². The van der Waals surface area contributed by atoms with Gasteiger partial charge in [-0.2, -0.15) is 0 Å². The third-order valence-electron chi connectivity index (χ3n) is 2.79. The van der Waals surface area contributed by atoms with E-state index < -0.39 is 0 Å². The molecule has 0 aromatic heterocycles. The van der Waals surface area contributed by atoms with Crippen molar-refractivity contribution >= 4 is 0 Å². The van der Waals surface area contributed by atoms with Crippen LogP contribution in [0.1, 0.15) is 40.0 Å². The molecule has 0 bridgehead atoms. The van der Waals surface area contributed by atoms with Crippen LogP contribution in [0.15, 0.2) is 23.8 Å². The van der Waals surface area contributed by atoms with E-state index in [4.69, 9.17) is 0 Å². The Morgan fingerprint density at radius 1 is 1.33 bits per heavy atom. The number of hydrogen-bond acceptors (Lipinski definition) is 0. The lowest BCUT2D eigenvalue weighted by Crippen LogP contribution is -2.11. The SMILES string of the molecule is CC.CC1C=CCC2=CCCC21. The molecule has 0 saturated carbocycles. The number of rotatable bonds is 0. The molecule has 2 aliphatic rings. The van der Waals surface area contributed by atoms with Crippen LogP contribution in [-0.4, -0.2) is 0 Å². The Morgan fingerprint density at radius 2 is 2.08 bits per heavy atom. The molecule has 0 heteroatoms. The summed E-state index contributed by atoms with van der Waals surface area (Å²) in [6.07, 6.45) is 11.1. The van der Waals surface area contributed by atoms with Crippen LogP contribution in [0, 0.1) is 11.8 Å². The molecule has 0 heterocycles. The minimum absolute atomic E-state index is 0.808. The molecule has 68 valence electrons. The fraction of sp³-hybridized carbons (Fsp3) is 0.667. The second-order valence-electron chi connectivity index (χ2n) is 3.45. The summed E-state index contributed by atoms with van der Waals surface area (Å²) in [7, 11) is 0. The summed E-state index contributed by atoms with van der Waals surface area (Å²) in [6, 6.07) is 0. The summed E-state index contributed by atoms with van der Waals surface area (Å²) in [5.74, 6) is 1.72. The highest BCUT2D eigenvalue weighted by atomic mass is 14.3. The van der Waals surface area contributed by atoms with Crippen LogP contribution in [0.4, 0.5) is 0 Å². The summed E-state index contributed by atoms with van der Waals surface area (Å²) in [5, 5.41) is 0. The fourth-order valence-corrected chi connectivity index (χ4v) is 2.17.